The maximum absolute atomic E-state index is 12.1. The summed E-state index contributed by atoms with van der Waals surface area (Å²) in [6.07, 6.45) is 1.49. The second-order valence-corrected chi connectivity index (χ2v) is 5.71. The quantitative estimate of drug-likeness (QED) is 0.682. The molecule has 0 amide bonds. The van der Waals surface area contributed by atoms with Crippen LogP contribution >= 0.6 is 11.3 Å². The van der Waals surface area contributed by atoms with Crippen LogP contribution in [-0.2, 0) is 11.3 Å². The van der Waals surface area contributed by atoms with Crippen molar-refractivity contribution in [3.8, 4) is 22.3 Å². The zero-order valence-electron chi connectivity index (χ0n) is 11.9. The fourth-order valence-corrected chi connectivity index (χ4v) is 2.79. The Hall–Kier alpha value is -2.80. The highest BCUT2D eigenvalue weighted by atomic mass is 32.1. The third kappa shape index (κ3) is 2.78. The van der Waals surface area contributed by atoms with Crippen LogP contribution in [0.5, 0.6) is 11.5 Å². The van der Waals surface area contributed by atoms with E-state index in [9.17, 15) is 4.79 Å². The average molecular weight is 329 g/mol. The number of rotatable bonds is 4. The number of thiophene rings is 1. The van der Waals surface area contributed by atoms with Gasteiger partial charge in [0.05, 0.1) is 10.4 Å². The molecule has 0 fully saturated rings. The fourth-order valence-electron chi connectivity index (χ4n) is 2.13. The Labute approximate surface area is 135 Å². The molecule has 3 aromatic rings. The monoisotopic (exact) mass is 329 g/mol. The molecule has 4 rings (SSSR count). The van der Waals surface area contributed by atoms with Crippen LogP contribution in [0.4, 0.5) is 0 Å². The molecule has 0 spiro atoms. The molecule has 116 valence electrons. The SMILES string of the molecule is O=C(OCc1coc(-c2cccs2)n1)c1ccc2c(c1)OCO2. The summed E-state index contributed by atoms with van der Waals surface area (Å²) >= 11 is 1.53. The van der Waals surface area contributed by atoms with Crippen molar-refractivity contribution in [3.05, 3.63) is 53.2 Å². The first kappa shape index (κ1) is 13.8. The summed E-state index contributed by atoms with van der Waals surface area (Å²) < 4.78 is 21.1. The van der Waals surface area contributed by atoms with Gasteiger partial charge < -0.3 is 18.6 Å². The van der Waals surface area contributed by atoms with Crippen molar-refractivity contribution in [1.29, 1.82) is 0 Å². The van der Waals surface area contributed by atoms with Crippen molar-refractivity contribution in [2.45, 2.75) is 6.61 Å². The molecule has 23 heavy (non-hydrogen) atoms. The van der Waals surface area contributed by atoms with E-state index in [0.29, 0.717) is 28.6 Å². The number of carbonyl (C=O) groups excluding carboxylic acids is 1. The summed E-state index contributed by atoms with van der Waals surface area (Å²) in [5, 5.41) is 1.94. The lowest BCUT2D eigenvalue weighted by atomic mass is 10.2. The van der Waals surface area contributed by atoms with Crippen LogP contribution in [0.25, 0.3) is 10.8 Å². The Morgan fingerprint density at radius 1 is 1.26 bits per heavy atom. The largest absolute Gasteiger partial charge is 0.455 e. The lowest BCUT2D eigenvalue weighted by Crippen LogP contribution is -2.05. The van der Waals surface area contributed by atoms with Crippen LogP contribution in [0.15, 0.2) is 46.4 Å². The van der Waals surface area contributed by atoms with Crippen molar-refractivity contribution in [3.63, 3.8) is 0 Å². The number of nitrogens with zero attached hydrogens (tertiary/aromatic N) is 1. The van der Waals surface area contributed by atoms with Gasteiger partial charge in [-0.2, -0.15) is 0 Å². The number of fused-ring (bicyclic) bond motifs is 1. The van der Waals surface area contributed by atoms with Gasteiger partial charge in [-0.1, -0.05) is 6.07 Å². The first-order valence-electron chi connectivity index (χ1n) is 6.84. The number of benzene rings is 1. The molecule has 6 nitrogen and oxygen atoms in total. The minimum Gasteiger partial charge on any atom is -0.455 e. The summed E-state index contributed by atoms with van der Waals surface area (Å²) in [5.41, 5.74) is 0.957. The van der Waals surface area contributed by atoms with Crippen molar-refractivity contribution >= 4 is 17.3 Å². The molecule has 7 heteroatoms. The summed E-state index contributed by atoms with van der Waals surface area (Å²) in [6.45, 7) is 0.209. The third-order valence-corrected chi connectivity index (χ3v) is 4.10. The second kappa shape index (κ2) is 5.77. The van der Waals surface area contributed by atoms with Gasteiger partial charge in [0, 0.05) is 0 Å². The van der Waals surface area contributed by atoms with E-state index in [4.69, 9.17) is 18.6 Å². The molecule has 2 aromatic heterocycles. The van der Waals surface area contributed by atoms with Gasteiger partial charge in [0.25, 0.3) is 0 Å². The number of aromatic nitrogens is 1. The van der Waals surface area contributed by atoms with E-state index in [1.165, 1.54) is 17.6 Å². The summed E-state index contributed by atoms with van der Waals surface area (Å²) in [6, 6.07) is 8.76. The van der Waals surface area contributed by atoms with Gasteiger partial charge in [-0.05, 0) is 29.6 Å². The first-order valence-corrected chi connectivity index (χ1v) is 7.72. The number of ether oxygens (including phenoxy) is 3. The van der Waals surface area contributed by atoms with Crippen LogP contribution in [0, 0.1) is 0 Å². The molecule has 0 aliphatic carbocycles. The molecular weight excluding hydrogens is 318 g/mol. The molecule has 1 aliphatic rings. The van der Waals surface area contributed by atoms with Crippen LogP contribution in [-0.4, -0.2) is 17.7 Å². The van der Waals surface area contributed by atoms with E-state index >= 15 is 0 Å². The minimum atomic E-state index is -0.455. The molecule has 1 aromatic carbocycles. The van der Waals surface area contributed by atoms with Crippen LogP contribution in [0.2, 0.25) is 0 Å². The first-order chi connectivity index (χ1) is 11.3. The molecule has 0 atom stereocenters. The van der Waals surface area contributed by atoms with E-state index in [-0.39, 0.29) is 13.4 Å². The lowest BCUT2D eigenvalue weighted by molar-refractivity contribution is 0.0467. The highest BCUT2D eigenvalue weighted by Crippen LogP contribution is 2.32. The molecule has 0 saturated carbocycles. The number of carbonyl (C=O) groups is 1. The van der Waals surface area contributed by atoms with E-state index in [1.807, 2.05) is 17.5 Å². The predicted molar refractivity (Wildman–Crippen MR) is 81.5 cm³/mol. The molecule has 3 heterocycles. The standard InChI is InChI=1S/C16H11NO5S/c18-16(10-3-4-12-13(6-10)22-9-21-12)20-8-11-7-19-15(17-11)14-2-1-5-23-14/h1-7H,8-9H2. The average Bonchev–Trinajstić information content (AvgIpc) is 3.32. The Morgan fingerprint density at radius 2 is 2.17 bits per heavy atom. The molecular formula is C16H11NO5S. The van der Waals surface area contributed by atoms with E-state index in [1.54, 1.807) is 18.2 Å². The maximum atomic E-state index is 12.1. The van der Waals surface area contributed by atoms with Gasteiger partial charge in [-0.3, -0.25) is 0 Å². The summed E-state index contributed by atoms with van der Waals surface area (Å²) in [4.78, 5) is 17.3. The topological polar surface area (TPSA) is 70.8 Å². The Morgan fingerprint density at radius 3 is 3.04 bits per heavy atom. The van der Waals surface area contributed by atoms with Crippen molar-refractivity contribution < 1.29 is 23.4 Å². The number of hydrogen-bond acceptors (Lipinski definition) is 7. The van der Waals surface area contributed by atoms with Crippen molar-refractivity contribution in [2.24, 2.45) is 0 Å². The molecule has 0 unspecified atom stereocenters. The smallest absolute Gasteiger partial charge is 0.338 e. The van der Waals surface area contributed by atoms with Crippen molar-refractivity contribution in [2.75, 3.05) is 6.79 Å². The Bertz CT molecular complexity index is 840. The fraction of sp³-hybridized carbons (Fsp3) is 0.125. The number of hydrogen-bond donors (Lipinski definition) is 0. The Balaban J connectivity index is 1.42. The molecule has 0 saturated heterocycles. The highest BCUT2D eigenvalue weighted by molar-refractivity contribution is 7.13. The highest BCUT2D eigenvalue weighted by Gasteiger charge is 2.17. The molecule has 0 N–H and O–H groups in total. The summed E-state index contributed by atoms with van der Waals surface area (Å²) in [7, 11) is 0. The van der Waals surface area contributed by atoms with Crippen molar-refractivity contribution in [1.82, 2.24) is 4.98 Å². The maximum Gasteiger partial charge on any atom is 0.338 e. The third-order valence-electron chi connectivity index (χ3n) is 3.24. The van der Waals surface area contributed by atoms with Crippen LogP contribution in [0.3, 0.4) is 0 Å². The zero-order chi connectivity index (χ0) is 15.6. The second-order valence-electron chi connectivity index (χ2n) is 4.77. The van der Waals surface area contributed by atoms with Gasteiger partial charge in [0.1, 0.15) is 18.6 Å². The minimum absolute atomic E-state index is 0.0438. The van der Waals surface area contributed by atoms with Gasteiger partial charge in [-0.25, -0.2) is 9.78 Å². The van der Waals surface area contributed by atoms with E-state index in [0.717, 1.165) is 4.88 Å². The van der Waals surface area contributed by atoms with Gasteiger partial charge in [0.2, 0.25) is 12.7 Å². The summed E-state index contributed by atoms with van der Waals surface area (Å²) in [5.74, 6) is 1.23. The molecule has 1 aliphatic heterocycles. The van der Waals surface area contributed by atoms with E-state index in [2.05, 4.69) is 4.98 Å². The van der Waals surface area contributed by atoms with Gasteiger partial charge in [0.15, 0.2) is 11.5 Å². The number of oxazole rings is 1. The van der Waals surface area contributed by atoms with Gasteiger partial charge >= 0.3 is 5.97 Å². The zero-order valence-corrected chi connectivity index (χ0v) is 12.7. The van der Waals surface area contributed by atoms with Gasteiger partial charge in [-0.15, -0.1) is 11.3 Å². The molecule has 0 radical (unpaired) electrons. The number of esters is 1. The predicted octanol–water partition coefficient (Wildman–Crippen LogP) is 3.49. The molecule has 0 bridgehead atoms. The van der Waals surface area contributed by atoms with Crippen LogP contribution < -0.4 is 9.47 Å². The lowest BCUT2D eigenvalue weighted by Gasteiger charge is -2.03. The normalized spacial score (nSPS) is 12.3. The Kier molecular flexibility index (Phi) is 3.47. The van der Waals surface area contributed by atoms with Crippen LogP contribution in [0.1, 0.15) is 16.1 Å². The van der Waals surface area contributed by atoms with E-state index < -0.39 is 5.97 Å².